The number of nitrogens with two attached hydrogens (primary N) is 1. The second-order valence-electron chi connectivity index (χ2n) is 8.75. The summed E-state index contributed by atoms with van der Waals surface area (Å²) in [5.74, 6) is 1.31. The molecule has 2 N–H and O–H groups in total. The number of pyridine rings is 1. The van der Waals surface area contributed by atoms with E-state index in [1.54, 1.807) is 26.6 Å². The summed E-state index contributed by atoms with van der Waals surface area (Å²) in [6.45, 7) is 2.23. The summed E-state index contributed by atoms with van der Waals surface area (Å²) in [6, 6.07) is 18.2. The van der Waals surface area contributed by atoms with Crippen LogP contribution < -0.4 is 15.2 Å². The van der Waals surface area contributed by atoms with Gasteiger partial charge in [-0.2, -0.15) is 0 Å². The predicted octanol–water partition coefficient (Wildman–Crippen LogP) is 4.08. The van der Waals surface area contributed by atoms with Crippen LogP contribution in [0.25, 0.3) is 11.1 Å². The highest BCUT2D eigenvalue weighted by atomic mass is 16.5. The number of likely N-dealkylation sites (tertiary alicyclic amines) is 1. The lowest BCUT2D eigenvalue weighted by Gasteiger charge is -2.41. The summed E-state index contributed by atoms with van der Waals surface area (Å²) in [5, 5.41) is 0. The van der Waals surface area contributed by atoms with Crippen molar-refractivity contribution < 1.29 is 14.3 Å². The molecule has 172 valence electrons. The predicted molar refractivity (Wildman–Crippen MR) is 129 cm³/mol. The van der Waals surface area contributed by atoms with E-state index in [0.717, 1.165) is 53.1 Å². The molecule has 3 aromatic rings. The van der Waals surface area contributed by atoms with Crippen molar-refractivity contribution in [2.75, 3.05) is 27.3 Å². The number of carbonyl (C=O) groups is 1. The minimum Gasteiger partial charge on any atom is -0.497 e. The third-order valence-corrected chi connectivity index (χ3v) is 6.55. The summed E-state index contributed by atoms with van der Waals surface area (Å²) >= 11 is 0. The number of piperidine rings is 1. The molecule has 2 aromatic carbocycles. The first-order chi connectivity index (χ1) is 16.0. The largest absolute Gasteiger partial charge is 0.497 e. The summed E-state index contributed by atoms with van der Waals surface area (Å²) in [4.78, 5) is 19.2. The van der Waals surface area contributed by atoms with Gasteiger partial charge in [0.05, 0.1) is 19.6 Å². The minimum absolute atomic E-state index is 0.233. The van der Waals surface area contributed by atoms with Gasteiger partial charge in [-0.05, 0) is 60.7 Å². The van der Waals surface area contributed by atoms with Gasteiger partial charge in [-0.1, -0.05) is 30.3 Å². The van der Waals surface area contributed by atoms with Gasteiger partial charge < -0.3 is 15.2 Å². The molecule has 0 bridgehead atoms. The molecule has 1 fully saturated rings. The van der Waals surface area contributed by atoms with Crippen LogP contribution in [-0.2, 0) is 17.8 Å². The zero-order valence-corrected chi connectivity index (χ0v) is 19.3. The number of aromatic nitrogens is 1. The molecule has 0 spiro atoms. The molecule has 1 atom stereocenters. The first-order valence-corrected chi connectivity index (χ1v) is 11.3. The maximum Gasteiger partial charge on any atom is 0.225 e. The van der Waals surface area contributed by atoms with Gasteiger partial charge >= 0.3 is 0 Å². The Morgan fingerprint density at radius 3 is 2.61 bits per heavy atom. The molecule has 1 aliphatic rings. The van der Waals surface area contributed by atoms with E-state index < -0.39 is 5.41 Å². The number of amides is 1. The molecule has 4 rings (SSSR count). The van der Waals surface area contributed by atoms with Crippen LogP contribution >= 0.6 is 0 Å². The average Bonchev–Trinajstić information content (AvgIpc) is 2.85. The molecule has 0 radical (unpaired) electrons. The first kappa shape index (κ1) is 22.8. The van der Waals surface area contributed by atoms with Crippen LogP contribution in [0.4, 0.5) is 0 Å². The van der Waals surface area contributed by atoms with E-state index in [2.05, 4.69) is 28.1 Å². The van der Waals surface area contributed by atoms with Crippen LogP contribution in [-0.4, -0.2) is 43.1 Å². The zero-order chi connectivity index (χ0) is 23.3. The van der Waals surface area contributed by atoms with Gasteiger partial charge in [0.1, 0.15) is 11.5 Å². The fourth-order valence-corrected chi connectivity index (χ4v) is 4.81. The van der Waals surface area contributed by atoms with Crippen LogP contribution in [0.2, 0.25) is 0 Å². The molecule has 0 aliphatic carbocycles. The van der Waals surface area contributed by atoms with Crippen molar-refractivity contribution in [3.63, 3.8) is 0 Å². The van der Waals surface area contributed by atoms with Crippen molar-refractivity contribution in [3.05, 3.63) is 78.1 Å². The van der Waals surface area contributed by atoms with Gasteiger partial charge in [-0.25, -0.2) is 0 Å². The van der Waals surface area contributed by atoms with Gasteiger partial charge in [0, 0.05) is 37.1 Å². The average molecular weight is 446 g/mol. The highest BCUT2D eigenvalue weighted by molar-refractivity contribution is 5.81. The van der Waals surface area contributed by atoms with E-state index >= 15 is 0 Å². The molecule has 6 heteroatoms. The highest BCUT2D eigenvalue weighted by Gasteiger charge is 2.41. The van der Waals surface area contributed by atoms with Crippen molar-refractivity contribution in [2.24, 2.45) is 11.1 Å². The van der Waals surface area contributed by atoms with Crippen molar-refractivity contribution in [3.8, 4) is 22.6 Å². The molecule has 1 amide bonds. The zero-order valence-electron chi connectivity index (χ0n) is 19.3. The monoisotopic (exact) mass is 445 g/mol. The topological polar surface area (TPSA) is 77.7 Å². The van der Waals surface area contributed by atoms with E-state index in [-0.39, 0.29) is 5.91 Å². The van der Waals surface area contributed by atoms with Crippen LogP contribution in [0, 0.1) is 5.41 Å². The Kier molecular flexibility index (Phi) is 6.94. The minimum atomic E-state index is -0.602. The third-order valence-electron chi connectivity index (χ3n) is 6.55. The quantitative estimate of drug-likeness (QED) is 0.565. The molecule has 2 heterocycles. The van der Waals surface area contributed by atoms with E-state index in [1.165, 1.54) is 0 Å². The van der Waals surface area contributed by atoms with E-state index in [4.69, 9.17) is 15.2 Å². The molecule has 1 saturated heterocycles. The van der Waals surface area contributed by atoms with Gasteiger partial charge in [0.15, 0.2) is 0 Å². The smallest absolute Gasteiger partial charge is 0.225 e. The Bertz CT molecular complexity index is 1100. The Morgan fingerprint density at radius 1 is 1.06 bits per heavy atom. The van der Waals surface area contributed by atoms with Gasteiger partial charge in [-0.3, -0.25) is 14.7 Å². The Hall–Kier alpha value is -3.38. The van der Waals surface area contributed by atoms with Crippen LogP contribution in [0.5, 0.6) is 11.5 Å². The normalized spacial score (nSPS) is 18.6. The van der Waals surface area contributed by atoms with Crippen LogP contribution in [0.15, 0.2) is 67.0 Å². The van der Waals surface area contributed by atoms with Crippen molar-refractivity contribution in [2.45, 2.75) is 25.8 Å². The van der Waals surface area contributed by atoms with E-state index in [0.29, 0.717) is 19.5 Å². The number of hydrogen-bond acceptors (Lipinski definition) is 5. The lowest BCUT2D eigenvalue weighted by molar-refractivity contribution is -0.131. The van der Waals surface area contributed by atoms with Crippen molar-refractivity contribution >= 4 is 5.91 Å². The fourth-order valence-electron chi connectivity index (χ4n) is 4.81. The molecule has 1 aliphatic heterocycles. The molecular formula is C27H31N3O3. The summed E-state index contributed by atoms with van der Waals surface area (Å²) in [6.07, 6.45) is 5.92. The first-order valence-electron chi connectivity index (χ1n) is 11.3. The van der Waals surface area contributed by atoms with Gasteiger partial charge in [0.25, 0.3) is 0 Å². The second-order valence-corrected chi connectivity index (χ2v) is 8.75. The molecule has 1 unspecified atom stereocenters. The van der Waals surface area contributed by atoms with E-state index in [1.807, 2.05) is 36.4 Å². The summed E-state index contributed by atoms with van der Waals surface area (Å²) in [7, 11) is 3.31. The number of nitrogens with zero attached hydrogens (tertiary/aromatic N) is 2. The van der Waals surface area contributed by atoms with Crippen molar-refractivity contribution in [1.29, 1.82) is 0 Å². The van der Waals surface area contributed by atoms with Gasteiger partial charge in [0.2, 0.25) is 5.91 Å². The highest BCUT2D eigenvalue weighted by Crippen LogP contribution is 2.36. The summed E-state index contributed by atoms with van der Waals surface area (Å²) in [5.41, 5.74) is 9.84. The van der Waals surface area contributed by atoms with Gasteiger partial charge in [-0.15, -0.1) is 0 Å². The lowest BCUT2D eigenvalue weighted by atomic mass is 9.74. The number of carbonyl (C=O) groups excluding carboxylic acids is 1. The number of benzene rings is 2. The van der Waals surface area contributed by atoms with Crippen molar-refractivity contribution in [1.82, 2.24) is 9.88 Å². The molecule has 33 heavy (non-hydrogen) atoms. The molecule has 0 saturated carbocycles. The summed E-state index contributed by atoms with van der Waals surface area (Å²) < 4.78 is 10.9. The lowest BCUT2D eigenvalue weighted by Crippen LogP contribution is -2.51. The Labute approximate surface area is 195 Å². The maximum absolute atomic E-state index is 12.8. The number of hydrogen-bond donors (Lipinski definition) is 1. The number of ether oxygens (including phenoxy) is 2. The molecule has 6 nitrogen and oxygen atoms in total. The fraction of sp³-hybridized carbons (Fsp3) is 0.333. The molecule has 1 aromatic heterocycles. The molecular weight excluding hydrogens is 414 g/mol. The Balaban J connectivity index is 1.55. The number of methoxy groups -OCH3 is 2. The number of rotatable bonds is 8. The van der Waals surface area contributed by atoms with Crippen LogP contribution in [0.1, 0.15) is 24.0 Å². The number of primary amides is 1. The maximum atomic E-state index is 12.8. The van der Waals surface area contributed by atoms with E-state index in [9.17, 15) is 4.79 Å². The standard InChI is InChI=1S/C27H31N3O3/c1-32-24-8-7-23(25(16-24)33-2)18-30-14-4-11-27(19-30,26(28)31)17-20-5-3-6-22(15-20)21-9-12-29-13-10-21/h3,5-10,12-13,15-16H,4,11,14,17-19H2,1-2H3,(H2,28,31). The second kappa shape index (κ2) is 10.0. The third kappa shape index (κ3) is 5.17. The van der Waals surface area contributed by atoms with Crippen LogP contribution in [0.3, 0.4) is 0 Å². The Morgan fingerprint density at radius 2 is 1.88 bits per heavy atom. The SMILES string of the molecule is COc1ccc(CN2CCCC(Cc3cccc(-c4ccncc4)c3)(C(N)=O)C2)c(OC)c1.